The molecule has 0 aromatic carbocycles. The molecule has 1 atom stereocenters. The van der Waals surface area contributed by atoms with E-state index in [-0.39, 0.29) is 40.0 Å². The molecular formula is C11H9N5O2S. The van der Waals surface area contributed by atoms with Gasteiger partial charge in [0.25, 0.3) is 0 Å². The lowest BCUT2D eigenvalue weighted by atomic mass is 10.4. The van der Waals surface area contributed by atoms with Crippen LogP contribution in [0.4, 0.5) is 5.95 Å². The molecule has 1 unspecified atom stereocenters. The van der Waals surface area contributed by atoms with E-state index >= 15 is 0 Å². The van der Waals surface area contributed by atoms with Crippen molar-refractivity contribution in [2.75, 3.05) is 11.4 Å². The van der Waals surface area contributed by atoms with E-state index in [0.717, 1.165) is 11.8 Å². The van der Waals surface area contributed by atoms with Crippen LogP contribution in [0.5, 0.6) is 0 Å². The zero-order chi connectivity index (χ0) is 14.0. The first-order valence-corrected chi connectivity index (χ1v) is 6.31. The highest BCUT2D eigenvalue weighted by molar-refractivity contribution is 8.14. The summed E-state index contributed by atoms with van der Waals surface area (Å²) in [6, 6.07) is 3.60. The summed E-state index contributed by atoms with van der Waals surface area (Å²) in [4.78, 5) is 30.8. The molecule has 1 amide bonds. The maximum atomic E-state index is 11.8. The number of H-pyrrole nitrogens is 1. The van der Waals surface area contributed by atoms with Crippen molar-refractivity contribution >= 4 is 28.7 Å². The molecule has 1 saturated heterocycles. The van der Waals surface area contributed by atoms with E-state index in [2.05, 4.69) is 9.97 Å². The summed E-state index contributed by atoms with van der Waals surface area (Å²) in [7, 11) is 0. The number of aromatic amines is 1. The molecule has 0 saturated carbocycles. The number of hydrogen-bond acceptors (Lipinski definition) is 6. The summed E-state index contributed by atoms with van der Waals surface area (Å²) in [6.07, 6.45) is 0.245. The Bertz CT molecular complexity index is 593. The number of imidazole rings is 1. The van der Waals surface area contributed by atoms with Crippen molar-refractivity contribution in [3.05, 3.63) is 11.4 Å². The second-order valence-electron chi connectivity index (χ2n) is 3.95. The van der Waals surface area contributed by atoms with Crippen LogP contribution >= 0.6 is 11.8 Å². The number of thioether (sulfide) groups is 1. The molecule has 7 nitrogen and oxygen atoms in total. The van der Waals surface area contributed by atoms with Gasteiger partial charge in [-0.2, -0.15) is 10.5 Å². The summed E-state index contributed by atoms with van der Waals surface area (Å²) in [5, 5.41) is 17.5. The number of aromatic nitrogens is 2. The molecular weight excluding hydrogens is 266 g/mol. The molecule has 1 aromatic heterocycles. The van der Waals surface area contributed by atoms with Crippen LogP contribution in [0.3, 0.4) is 0 Å². The van der Waals surface area contributed by atoms with Crippen molar-refractivity contribution in [3.8, 4) is 12.1 Å². The Morgan fingerprint density at radius 3 is 2.79 bits per heavy atom. The predicted molar refractivity (Wildman–Crippen MR) is 67.0 cm³/mol. The van der Waals surface area contributed by atoms with Gasteiger partial charge in [-0.15, -0.1) is 0 Å². The van der Waals surface area contributed by atoms with Crippen LogP contribution in [0.1, 0.15) is 24.7 Å². The van der Waals surface area contributed by atoms with E-state index in [9.17, 15) is 9.59 Å². The van der Waals surface area contributed by atoms with Crippen LogP contribution in [0.25, 0.3) is 0 Å². The molecule has 0 bridgehead atoms. The van der Waals surface area contributed by atoms with Gasteiger partial charge in [-0.1, -0.05) is 11.8 Å². The van der Waals surface area contributed by atoms with Crippen molar-refractivity contribution in [3.63, 3.8) is 0 Å². The van der Waals surface area contributed by atoms with Crippen LogP contribution in [0.15, 0.2) is 0 Å². The van der Waals surface area contributed by atoms with E-state index in [1.54, 1.807) is 6.07 Å². The monoisotopic (exact) mass is 275 g/mol. The summed E-state index contributed by atoms with van der Waals surface area (Å²) < 4.78 is 0. The number of carbonyl (C=O) groups excluding carboxylic acids is 2. The predicted octanol–water partition coefficient (Wildman–Crippen LogP) is 0.538. The van der Waals surface area contributed by atoms with E-state index in [0.29, 0.717) is 6.54 Å². The van der Waals surface area contributed by atoms with Crippen LogP contribution in [0, 0.1) is 22.7 Å². The van der Waals surface area contributed by atoms with Crippen LogP contribution < -0.4 is 4.90 Å². The number of nitrogens with zero attached hydrogens (tertiary/aromatic N) is 4. The molecule has 8 heteroatoms. The number of rotatable bonds is 2. The van der Waals surface area contributed by atoms with E-state index in [1.165, 1.54) is 11.8 Å². The molecule has 0 spiro atoms. The molecule has 1 aliphatic heterocycles. The fourth-order valence-corrected chi connectivity index (χ4v) is 2.76. The minimum atomic E-state index is -0.179. The zero-order valence-electron chi connectivity index (χ0n) is 10.0. The van der Waals surface area contributed by atoms with Gasteiger partial charge >= 0.3 is 0 Å². The molecule has 2 heterocycles. The second-order valence-corrected chi connectivity index (χ2v) is 5.42. The van der Waals surface area contributed by atoms with Gasteiger partial charge < -0.3 is 4.98 Å². The zero-order valence-corrected chi connectivity index (χ0v) is 10.8. The van der Waals surface area contributed by atoms with Crippen LogP contribution in [-0.2, 0) is 9.59 Å². The number of amides is 1. The van der Waals surface area contributed by atoms with E-state index in [1.807, 2.05) is 6.07 Å². The Hall–Kier alpha value is -2.32. The smallest absolute Gasteiger partial charge is 0.230 e. The van der Waals surface area contributed by atoms with Gasteiger partial charge in [-0.05, 0) is 0 Å². The van der Waals surface area contributed by atoms with Gasteiger partial charge in [0.15, 0.2) is 16.5 Å². The van der Waals surface area contributed by atoms with E-state index in [4.69, 9.17) is 10.5 Å². The highest BCUT2D eigenvalue weighted by Crippen LogP contribution is 2.27. The second kappa shape index (κ2) is 5.12. The quantitative estimate of drug-likeness (QED) is 0.842. The minimum absolute atomic E-state index is 0.0343. The van der Waals surface area contributed by atoms with E-state index < -0.39 is 0 Å². The average molecular weight is 275 g/mol. The Kier molecular flexibility index (Phi) is 3.54. The number of carbonyl (C=O) groups is 2. The van der Waals surface area contributed by atoms with Gasteiger partial charge in [-0.3, -0.25) is 14.5 Å². The maximum absolute atomic E-state index is 11.8. The van der Waals surface area contributed by atoms with Crippen molar-refractivity contribution in [2.45, 2.75) is 18.6 Å². The number of nitriles is 2. The van der Waals surface area contributed by atoms with Crippen molar-refractivity contribution in [2.24, 2.45) is 0 Å². The first-order chi connectivity index (χ1) is 9.05. The topological polar surface area (TPSA) is 114 Å². The highest BCUT2D eigenvalue weighted by Gasteiger charge is 2.34. The standard InChI is InChI=1S/C11H9N5O2S/c1-6(17)19-7-2-10(18)16(5-7)11-14-8(3-12)9(4-13)15-11/h7H,2,5H2,1H3,(H,14,15). The van der Waals surface area contributed by atoms with Crippen molar-refractivity contribution in [1.82, 2.24) is 9.97 Å². The van der Waals surface area contributed by atoms with Crippen molar-refractivity contribution < 1.29 is 9.59 Å². The van der Waals surface area contributed by atoms with Gasteiger partial charge in [0, 0.05) is 25.1 Å². The van der Waals surface area contributed by atoms with Crippen molar-refractivity contribution in [1.29, 1.82) is 10.5 Å². The summed E-state index contributed by atoms with van der Waals surface area (Å²) in [5.74, 6) is 0.00577. The highest BCUT2D eigenvalue weighted by atomic mass is 32.2. The SMILES string of the molecule is CC(=O)SC1CC(=O)N(c2nc(C#N)c(C#N)[nH]2)C1. The summed E-state index contributed by atoms with van der Waals surface area (Å²) in [5.41, 5.74) is 0.000872. The fraction of sp³-hybridized carbons (Fsp3) is 0.364. The summed E-state index contributed by atoms with van der Waals surface area (Å²) in [6.45, 7) is 1.79. The Morgan fingerprint density at radius 1 is 1.53 bits per heavy atom. The van der Waals surface area contributed by atoms with Gasteiger partial charge in [0.2, 0.25) is 11.9 Å². The molecule has 2 rings (SSSR count). The van der Waals surface area contributed by atoms with Crippen LogP contribution in [0.2, 0.25) is 0 Å². The van der Waals surface area contributed by atoms with Crippen LogP contribution in [-0.4, -0.2) is 32.8 Å². The Morgan fingerprint density at radius 2 is 2.26 bits per heavy atom. The lowest BCUT2D eigenvalue weighted by Gasteiger charge is -2.12. The third kappa shape index (κ3) is 2.59. The molecule has 0 radical (unpaired) electrons. The Balaban J connectivity index is 2.22. The van der Waals surface area contributed by atoms with Gasteiger partial charge in [0.05, 0.1) is 0 Å². The largest absolute Gasteiger partial charge is 0.314 e. The fourth-order valence-electron chi connectivity index (χ4n) is 1.84. The first-order valence-electron chi connectivity index (χ1n) is 5.43. The average Bonchev–Trinajstić information content (AvgIpc) is 2.91. The minimum Gasteiger partial charge on any atom is -0.314 e. The molecule has 96 valence electrons. The molecule has 1 N–H and O–H groups in total. The third-order valence-corrected chi connectivity index (χ3v) is 3.57. The first kappa shape index (κ1) is 13.1. The molecule has 1 fully saturated rings. The third-order valence-electron chi connectivity index (χ3n) is 2.59. The molecule has 1 aromatic rings. The van der Waals surface area contributed by atoms with Gasteiger partial charge in [-0.25, -0.2) is 4.98 Å². The normalized spacial score (nSPS) is 18.2. The molecule has 19 heavy (non-hydrogen) atoms. The molecule has 0 aliphatic carbocycles. The number of hydrogen-bond donors (Lipinski definition) is 1. The lowest BCUT2D eigenvalue weighted by molar-refractivity contribution is -0.117. The number of nitrogens with one attached hydrogen (secondary N) is 1. The summed E-state index contributed by atoms with van der Waals surface area (Å²) >= 11 is 1.11. The maximum Gasteiger partial charge on any atom is 0.230 e. The molecule has 1 aliphatic rings. The Labute approximate surface area is 113 Å². The van der Waals surface area contributed by atoms with Gasteiger partial charge in [0.1, 0.15) is 12.1 Å². The lowest BCUT2D eigenvalue weighted by Crippen LogP contribution is -2.26. The number of anilines is 1.